The van der Waals surface area contributed by atoms with Crippen LogP contribution in [-0.2, 0) is 9.59 Å². The van der Waals surface area contributed by atoms with Crippen LogP contribution in [0.2, 0.25) is 0 Å². The minimum atomic E-state index is -0.976. The molecule has 4 nitrogen and oxygen atoms in total. The number of aliphatic carboxylic acids is 1. The minimum Gasteiger partial charge on any atom is -0.481 e. The van der Waals surface area contributed by atoms with Crippen molar-refractivity contribution in [2.24, 2.45) is 29.1 Å². The van der Waals surface area contributed by atoms with Crippen LogP contribution in [0.25, 0.3) is 0 Å². The van der Waals surface area contributed by atoms with Gasteiger partial charge >= 0.3 is 5.97 Å². The molecule has 0 spiro atoms. The van der Waals surface area contributed by atoms with E-state index in [1.165, 1.54) is 32.1 Å². The molecule has 4 fully saturated rings. The highest BCUT2D eigenvalue weighted by Gasteiger charge is 2.48. The number of carboxylic acid groups (broad SMARTS) is 1. The molecule has 4 saturated carbocycles. The predicted molar refractivity (Wildman–Crippen MR) is 75.0 cm³/mol. The summed E-state index contributed by atoms with van der Waals surface area (Å²) < 4.78 is 0. The third-order valence-corrected chi connectivity index (χ3v) is 5.74. The van der Waals surface area contributed by atoms with E-state index in [1.807, 2.05) is 0 Å². The minimum absolute atomic E-state index is 0.0745. The van der Waals surface area contributed by atoms with Gasteiger partial charge in [0.2, 0.25) is 5.91 Å². The molecule has 0 aromatic heterocycles. The zero-order chi connectivity index (χ0) is 14.5. The average Bonchev–Trinajstić information content (AvgIpc) is 2.32. The van der Waals surface area contributed by atoms with Crippen LogP contribution in [0.5, 0.6) is 0 Å². The lowest BCUT2D eigenvalue weighted by atomic mass is 9.54. The third kappa shape index (κ3) is 2.45. The van der Waals surface area contributed by atoms with Crippen LogP contribution >= 0.6 is 0 Å². The second-order valence-corrected chi connectivity index (χ2v) is 7.89. The Balaban J connectivity index is 1.61. The average molecular weight is 279 g/mol. The molecule has 4 rings (SSSR count). The third-order valence-electron chi connectivity index (χ3n) is 5.74. The summed E-state index contributed by atoms with van der Waals surface area (Å²) >= 11 is 0. The van der Waals surface area contributed by atoms with Crippen LogP contribution in [0.1, 0.15) is 52.4 Å². The SMILES string of the molecule is CC(C)(CC(=O)NC1C2CC3CC(C2)CC1C3)C(=O)O. The first kappa shape index (κ1) is 13.9. The quantitative estimate of drug-likeness (QED) is 0.830. The number of rotatable bonds is 4. The largest absolute Gasteiger partial charge is 0.481 e. The molecule has 4 bridgehead atoms. The maximum absolute atomic E-state index is 12.2. The monoisotopic (exact) mass is 279 g/mol. The summed E-state index contributed by atoms with van der Waals surface area (Å²) in [5.74, 6) is 2.07. The van der Waals surface area contributed by atoms with Crippen molar-refractivity contribution >= 4 is 11.9 Å². The lowest BCUT2D eigenvalue weighted by Crippen LogP contribution is -2.56. The molecule has 0 radical (unpaired) electrons. The molecular weight excluding hydrogens is 254 g/mol. The van der Waals surface area contributed by atoms with Gasteiger partial charge in [0.1, 0.15) is 0 Å². The van der Waals surface area contributed by atoms with Gasteiger partial charge in [0.15, 0.2) is 0 Å². The molecule has 0 unspecified atom stereocenters. The molecule has 4 aliphatic rings. The molecule has 0 atom stereocenters. The van der Waals surface area contributed by atoms with Crippen LogP contribution in [0, 0.1) is 29.1 Å². The smallest absolute Gasteiger partial charge is 0.309 e. The Kier molecular flexibility index (Phi) is 3.30. The van der Waals surface area contributed by atoms with E-state index in [4.69, 9.17) is 5.11 Å². The van der Waals surface area contributed by atoms with E-state index in [-0.39, 0.29) is 12.3 Å². The van der Waals surface area contributed by atoms with Gasteiger partial charge in [-0.25, -0.2) is 0 Å². The fourth-order valence-corrected chi connectivity index (χ4v) is 4.87. The number of amides is 1. The molecule has 0 aliphatic heterocycles. The topological polar surface area (TPSA) is 66.4 Å². The number of nitrogens with one attached hydrogen (secondary N) is 1. The second-order valence-electron chi connectivity index (χ2n) is 7.89. The highest BCUT2D eigenvalue weighted by molar-refractivity contribution is 5.84. The maximum Gasteiger partial charge on any atom is 0.309 e. The molecule has 20 heavy (non-hydrogen) atoms. The van der Waals surface area contributed by atoms with E-state index in [0.29, 0.717) is 17.9 Å². The van der Waals surface area contributed by atoms with Gasteiger partial charge in [-0.3, -0.25) is 9.59 Å². The normalized spacial score (nSPS) is 38.8. The van der Waals surface area contributed by atoms with Gasteiger partial charge in [0, 0.05) is 12.5 Å². The summed E-state index contributed by atoms with van der Waals surface area (Å²) in [6, 6.07) is 0.305. The van der Waals surface area contributed by atoms with E-state index < -0.39 is 11.4 Å². The number of hydrogen-bond acceptors (Lipinski definition) is 2. The first-order chi connectivity index (χ1) is 9.35. The lowest BCUT2D eigenvalue weighted by Gasteiger charge is -2.54. The fourth-order valence-electron chi connectivity index (χ4n) is 4.87. The van der Waals surface area contributed by atoms with Gasteiger partial charge in [0.25, 0.3) is 0 Å². The number of carbonyl (C=O) groups excluding carboxylic acids is 1. The van der Waals surface area contributed by atoms with Crippen molar-refractivity contribution in [3.63, 3.8) is 0 Å². The molecule has 4 heteroatoms. The molecule has 1 amide bonds. The Hall–Kier alpha value is -1.06. The summed E-state index contributed by atoms with van der Waals surface area (Å²) in [4.78, 5) is 23.3. The van der Waals surface area contributed by atoms with E-state index in [2.05, 4.69) is 5.32 Å². The van der Waals surface area contributed by atoms with Crippen molar-refractivity contribution in [1.82, 2.24) is 5.32 Å². The summed E-state index contributed by atoms with van der Waals surface area (Å²) in [5, 5.41) is 12.3. The highest BCUT2D eigenvalue weighted by Crippen LogP contribution is 2.53. The van der Waals surface area contributed by atoms with E-state index >= 15 is 0 Å². The summed E-state index contributed by atoms with van der Waals surface area (Å²) in [5.41, 5.74) is -0.976. The van der Waals surface area contributed by atoms with Crippen LogP contribution < -0.4 is 5.32 Å². The number of carbonyl (C=O) groups is 2. The molecule has 0 aromatic carbocycles. The molecule has 112 valence electrons. The summed E-state index contributed by atoms with van der Waals surface area (Å²) in [6.45, 7) is 3.23. The van der Waals surface area contributed by atoms with Gasteiger partial charge in [-0.2, -0.15) is 0 Å². The molecular formula is C16H25NO3. The lowest BCUT2D eigenvalue weighted by molar-refractivity contribution is -0.150. The van der Waals surface area contributed by atoms with Crippen molar-refractivity contribution in [2.45, 2.75) is 58.4 Å². The Morgan fingerprint density at radius 3 is 2.00 bits per heavy atom. The van der Waals surface area contributed by atoms with Crippen molar-refractivity contribution < 1.29 is 14.7 Å². The molecule has 0 heterocycles. The fraction of sp³-hybridized carbons (Fsp3) is 0.875. The van der Waals surface area contributed by atoms with Gasteiger partial charge in [-0.05, 0) is 69.6 Å². The zero-order valence-electron chi connectivity index (χ0n) is 12.4. The zero-order valence-corrected chi connectivity index (χ0v) is 12.4. The molecule has 4 aliphatic carbocycles. The van der Waals surface area contributed by atoms with Crippen LogP contribution in [0.3, 0.4) is 0 Å². The standard InChI is InChI=1S/C16H25NO3/c1-16(2,15(19)20)8-13(18)17-14-11-4-9-3-10(6-11)7-12(14)5-9/h9-12,14H,3-8H2,1-2H3,(H,17,18)(H,19,20). The van der Waals surface area contributed by atoms with E-state index in [0.717, 1.165) is 11.8 Å². The highest BCUT2D eigenvalue weighted by atomic mass is 16.4. The Labute approximate surface area is 120 Å². The summed E-state index contributed by atoms with van der Waals surface area (Å²) in [6.07, 6.45) is 6.53. The Morgan fingerprint density at radius 1 is 1.05 bits per heavy atom. The van der Waals surface area contributed by atoms with E-state index in [1.54, 1.807) is 13.8 Å². The number of carboxylic acids is 1. The van der Waals surface area contributed by atoms with Crippen LogP contribution in [-0.4, -0.2) is 23.0 Å². The van der Waals surface area contributed by atoms with Crippen molar-refractivity contribution in [2.75, 3.05) is 0 Å². The van der Waals surface area contributed by atoms with Gasteiger partial charge in [-0.15, -0.1) is 0 Å². The van der Waals surface area contributed by atoms with Crippen molar-refractivity contribution in [3.05, 3.63) is 0 Å². The first-order valence-electron chi connectivity index (χ1n) is 7.88. The second kappa shape index (κ2) is 4.74. The molecule has 2 N–H and O–H groups in total. The Morgan fingerprint density at radius 2 is 1.55 bits per heavy atom. The van der Waals surface area contributed by atoms with Crippen molar-refractivity contribution in [3.8, 4) is 0 Å². The van der Waals surface area contributed by atoms with Gasteiger partial charge in [0.05, 0.1) is 5.41 Å². The summed E-state index contributed by atoms with van der Waals surface area (Å²) in [7, 11) is 0. The van der Waals surface area contributed by atoms with Crippen LogP contribution in [0.15, 0.2) is 0 Å². The van der Waals surface area contributed by atoms with Gasteiger partial charge < -0.3 is 10.4 Å². The molecule has 0 saturated heterocycles. The van der Waals surface area contributed by atoms with Gasteiger partial charge in [-0.1, -0.05) is 0 Å². The predicted octanol–water partition coefficient (Wildman–Crippen LogP) is 2.43. The maximum atomic E-state index is 12.2. The van der Waals surface area contributed by atoms with E-state index in [9.17, 15) is 9.59 Å². The van der Waals surface area contributed by atoms with Crippen LogP contribution in [0.4, 0.5) is 0 Å². The first-order valence-corrected chi connectivity index (χ1v) is 7.88. The Bertz CT molecular complexity index is 401. The van der Waals surface area contributed by atoms with Crippen molar-refractivity contribution in [1.29, 1.82) is 0 Å². The molecule has 0 aromatic rings. The number of hydrogen-bond donors (Lipinski definition) is 2.